The molecule has 0 aromatic carbocycles. The monoisotopic (exact) mass is 303 g/mol. The lowest BCUT2D eigenvalue weighted by atomic mass is 10.0. The smallest absolute Gasteiger partial charge is 0.241 e. The Bertz CT molecular complexity index is 978. The minimum atomic E-state index is -0.508. The van der Waals surface area contributed by atoms with Crippen LogP contribution in [0.25, 0.3) is 28.2 Å². The molecule has 0 aliphatic rings. The van der Waals surface area contributed by atoms with Crippen LogP contribution in [0.4, 0.5) is 0 Å². The predicted molar refractivity (Wildman–Crippen MR) is 87.0 cm³/mol. The molecule has 0 radical (unpaired) electrons. The summed E-state index contributed by atoms with van der Waals surface area (Å²) in [5, 5.41) is 9.92. The van der Waals surface area contributed by atoms with Gasteiger partial charge < -0.3 is 10.7 Å². The number of aromatic nitrogens is 3. The first-order chi connectivity index (χ1) is 11.1. The van der Waals surface area contributed by atoms with Crippen molar-refractivity contribution in [3.8, 4) is 17.2 Å². The first-order valence-electron chi connectivity index (χ1n) is 6.90. The number of nitrogens with two attached hydrogens (primary N) is 1. The number of carbonyl (C=O) groups excluding carboxylic acids is 1. The third kappa shape index (κ3) is 2.94. The van der Waals surface area contributed by atoms with Crippen LogP contribution in [0.5, 0.6) is 0 Å². The average molecular weight is 303 g/mol. The molecule has 23 heavy (non-hydrogen) atoms. The van der Waals surface area contributed by atoms with Crippen LogP contribution in [0.2, 0.25) is 0 Å². The van der Waals surface area contributed by atoms with Gasteiger partial charge in [-0.25, -0.2) is 9.97 Å². The summed E-state index contributed by atoms with van der Waals surface area (Å²) in [7, 11) is 0. The fraction of sp³-hybridized carbons (Fsp3) is 0.0588. The fourth-order valence-corrected chi connectivity index (χ4v) is 2.38. The third-order valence-electron chi connectivity index (χ3n) is 3.39. The zero-order chi connectivity index (χ0) is 16.4. The molecule has 0 aliphatic carbocycles. The minimum absolute atomic E-state index is 0.364. The lowest BCUT2D eigenvalue weighted by Gasteiger charge is -2.04. The zero-order valence-electron chi connectivity index (χ0n) is 12.4. The van der Waals surface area contributed by atoms with Crippen LogP contribution in [0.15, 0.2) is 36.7 Å². The molecule has 0 aliphatic heterocycles. The molecule has 1 amide bonds. The molecule has 0 atom stereocenters. The van der Waals surface area contributed by atoms with Crippen molar-refractivity contribution in [2.24, 2.45) is 5.73 Å². The predicted octanol–water partition coefficient (Wildman–Crippen LogP) is 2.30. The highest BCUT2D eigenvalue weighted by Gasteiger charge is 2.07. The van der Waals surface area contributed by atoms with Crippen LogP contribution >= 0.6 is 0 Å². The van der Waals surface area contributed by atoms with Crippen LogP contribution in [-0.2, 0) is 4.79 Å². The van der Waals surface area contributed by atoms with Gasteiger partial charge in [0.1, 0.15) is 17.4 Å². The lowest BCUT2D eigenvalue weighted by molar-refractivity contribution is -0.113. The summed E-state index contributed by atoms with van der Waals surface area (Å²) in [5.74, 6) is -0.508. The lowest BCUT2D eigenvalue weighted by Crippen LogP contribution is -2.04. The molecule has 3 heterocycles. The number of fused-ring (bicyclic) bond motifs is 1. The average Bonchev–Trinajstić information content (AvgIpc) is 2.94. The van der Waals surface area contributed by atoms with Gasteiger partial charge in [0.05, 0.1) is 0 Å². The molecule has 0 unspecified atom stereocenters. The van der Waals surface area contributed by atoms with Crippen LogP contribution in [-0.4, -0.2) is 20.9 Å². The summed E-state index contributed by atoms with van der Waals surface area (Å²) >= 11 is 0. The van der Waals surface area contributed by atoms with Gasteiger partial charge in [-0.2, -0.15) is 5.26 Å². The van der Waals surface area contributed by atoms with E-state index in [9.17, 15) is 4.79 Å². The normalized spacial score (nSPS) is 11.0. The molecule has 0 fully saturated rings. The number of aryl methyl sites for hydroxylation is 1. The Hall–Kier alpha value is -3.46. The van der Waals surface area contributed by atoms with E-state index in [0.717, 1.165) is 27.8 Å². The van der Waals surface area contributed by atoms with Crippen LogP contribution < -0.4 is 5.73 Å². The Morgan fingerprint density at radius 1 is 1.35 bits per heavy atom. The summed E-state index contributed by atoms with van der Waals surface area (Å²) in [6.07, 6.45) is 6.44. The maximum atomic E-state index is 10.9. The molecule has 3 aromatic heterocycles. The van der Waals surface area contributed by atoms with Gasteiger partial charge in [-0.3, -0.25) is 4.79 Å². The Balaban J connectivity index is 2.13. The van der Waals surface area contributed by atoms with Crippen molar-refractivity contribution >= 4 is 23.0 Å². The van der Waals surface area contributed by atoms with E-state index in [1.165, 1.54) is 6.08 Å². The van der Waals surface area contributed by atoms with Gasteiger partial charge in [0.15, 0.2) is 0 Å². The molecule has 112 valence electrons. The quantitative estimate of drug-likeness (QED) is 0.723. The Kier molecular flexibility index (Phi) is 3.61. The third-order valence-corrected chi connectivity index (χ3v) is 3.39. The van der Waals surface area contributed by atoms with E-state index in [-0.39, 0.29) is 0 Å². The first kappa shape index (κ1) is 14.5. The van der Waals surface area contributed by atoms with Gasteiger partial charge in [-0.1, -0.05) is 0 Å². The Labute approximate surface area is 132 Å². The van der Waals surface area contributed by atoms with E-state index in [2.05, 4.69) is 21.0 Å². The molecular weight excluding hydrogens is 290 g/mol. The number of rotatable bonds is 3. The largest absolute Gasteiger partial charge is 0.366 e. The molecule has 3 rings (SSSR count). The number of nitriles is 1. The van der Waals surface area contributed by atoms with E-state index in [1.807, 2.05) is 19.1 Å². The van der Waals surface area contributed by atoms with Gasteiger partial charge in [-0.05, 0) is 36.8 Å². The maximum absolute atomic E-state index is 10.9. The van der Waals surface area contributed by atoms with Gasteiger partial charge in [0, 0.05) is 40.7 Å². The highest BCUT2D eigenvalue weighted by Crippen LogP contribution is 2.26. The Morgan fingerprint density at radius 2 is 2.17 bits per heavy atom. The molecule has 0 bridgehead atoms. The van der Waals surface area contributed by atoms with E-state index < -0.39 is 5.91 Å². The highest BCUT2D eigenvalue weighted by molar-refractivity contribution is 5.95. The van der Waals surface area contributed by atoms with Crippen molar-refractivity contribution in [3.05, 3.63) is 53.6 Å². The molecule has 6 heteroatoms. The number of nitrogens with zero attached hydrogens (tertiary/aromatic N) is 3. The van der Waals surface area contributed by atoms with Crippen molar-refractivity contribution < 1.29 is 4.79 Å². The van der Waals surface area contributed by atoms with Crippen molar-refractivity contribution in [3.63, 3.8) is 0 Å². The van der Waals surface area contributed by atoms with Crippen molar-refractivity contribution in [2.75, 3.05) is 0 Å². The second-order valence-corrected chi connectivity index (χ2v) is 5.09. The van der Waals surface area contributed by atoms with Crippen LogP contribution in [0.3, 0.4) is 0 Å². The van der Waals surface area contributed by atoms with Gasteiger partial charge >= 0.3 is 0 Å². The highest BCUT2D eigenvalue weighted by atomic mass is 16.1. The Morgan fingerprint density at radius 3 is 2.91 bits per heavy atom. The van der Waals surface area contributed by atoms with E-state index in [4.69, 9.17) is 11.0 Å². The van der Waals surface area contributed by atoms with Gasteiger partial charge in [0.2, 0.25) is 5.91 Å². The zero-order valence-corrected chi connectivity index (χ0v) is 12.4. The maximum Gasteiger partial charge on any atom is 0.241 e. The number of hydrogen-bond donors (Lipinski definition) is 2. The minimum Gasteiger partial charge on any atom is -0.366 e. The number of nitrogens with one attached hydrogen (secondary N) is 1. The standard InChI is InChI=1S/C17H13N5O/c1-10-4-12(5-14(7-18)22-10)13-6-15-11(2-3-16(19)23)8-20-17(15)21-9-13/h2-6,8-9H,1H3,(H2,19,23)(H,20,21)/b3-2+. The number of primary amides is 1. The number of H-pyrrole nitrogens is 1. The number of hydrogen-bond acceptors (Lipinski definition) is 4. The molecule has 3 N–H and O–H groups in total. The summed E-state index contributed by atoms with van der Waals surface area (Å²) in [6.45, 7) is 1.84. The summed E-state index contributed by atoms with van der Waals surface area (Å²) < 4.78 is 0. The van der Waals surface area contributed by atoms with Crippen LogP contribution in [0, 0.1) is 18.3 Å². The number of aromatic amines is 1. The fourth-order valence-electron chi connectivity index (χ4n) is 2.38. The molecular formula is C17H13N5O. The number of pyridine rings is 2. The molecule has 0 spiro atoms. The first-order valence-corrected chi connectivity index (χ1v) is 6.90. The van der Waals surface area contributed by atoms with Crippen molar-refractivity contribution in [1.82, 2.24) is 15.0 Å². The molecule has 6 nitrogen and oxygen atoms in total. The second kappa shape index (κ2) is 5.73. The topological polar surface area (TPSA) is 108 Å². The number of carbonyl (C=O) groups is 1. The summed E-state index contributed by atoms with van der Waals surface area (Å²) in [6, 6.07) is 7.63. The van der Waals surface area contributed by atoms with Crippen molar-refractivity contribution in [1.29, 1.82) is 5.26 Å². The summed E-state index contributed by atoms with van der Waals surface area (Å²) in [5.41, 5.74) is 9.53. The summed E-state index contributed by atoms with van der Waals surface area (Å²) in [4.78, 5) is 22.5. The van der Waals surface area contributed by atoms with Crippen LogP contribution in [0.1, 0.15) is 17.0 Å². The van der Waals surface area contributed by atoms with E-state index in [0.29, 0.717) is 11.3 Å². The van der Waals surface area contributed by atoms with Crippen molar-refractivity contribution in [2.45, 2.75) is 6.92 Å². The van der Waals surface area contributed by atoms with Gasteiger partial charge in [-0.15, -0.1) is 0 Å². The molecule has 0 saturated carbocycles. The second-order valence-electron chi connectivity index (χ2n) is 5.09. The number of amides is 1. The van der Waals surface area contributed by atoms with Gasteiger partial charge in [0.25, 0.3) is 0 Å². The SMILES string of the molecule is Cc1cc(-c2cnc3[nH]cc(/C=C/C(N)=O)c3c2)cc(C#N)n1. The van der Waals surface area contributed by atoms with E-state index in [1.54, 1.807) is 24.5 Å². The molecule has 3 aromatic rings. The molecule has 0 saturated heterocycles. The van der Waals surface area contributed by atoms with E-state index >= 15 is 0 Å².